The Kier molecular flexibility index (Phi) is 5.71. The first-order valence-electron chi connectivity index (χ1n) is 4.70. The summed E-state index contributed by atoms with van der Waals surface area (Å²) < 4.78 is 4.50. The van der Waals surface area contributed by atoms with Crippen LogP contribution in [0.3, 0.4) is 0 Å². The van der Waals surface area contributed by atoms with E-state index in [0.29, 0.717) is 12.8 Å². The van der Waals surface area contributed by atoms with Crippen LogP contribution in [0.5, 0.6) is 0 Å². The Morgan fingerprint density at radius 1 is 1.43 bits per heavy atom. The van der Waals surface area contributed by atoms with E-state index in [-0.39, 0.29) is 11.4 Å². The van der Waals surface area contributed by atoms with E-state index < -0.39 is 0 Å². The van der Waals surface area contributed by atoms with E-state index >= 15 is 0 Å². The maximum Gasteiger partial charge on any atom is 0.305 e. The van der Waals surface area contributed by atoms with Gasteiger partial charge in [-0.05, 0) is 33.3 Å². The molecule has 14 heavy (non-hydrogen) atoms. The Morgan fingerprint density at radius 3 is 2.57 bits per heavy atom. The van der Waals surface area contributed by atoms with Crippen LogP contribution in [0.2, 0.25) is 0 Å². The zero-order valence-corrected chi connectivity index (χ0v) is 9.39. The van der Waals surface area contributed by atoms with Crippen LogP contribution in [0.25, 0.3) is 0 Å². The van der Waals surface area contributed by atoms with Gasteiger partial charge in [-0.2, -0.15) is 0 Å². The molecular formula is C12H18O2. The molecule has 0 spiro atoms. The predicted octanol–water partition coefficient (Wildman–Crippen LogP) is 2.55. The maximum atomic E-state index is 10.7. The van der Waals surface area contributed by atoms with Gasteiger partial charge in [-0.3, -0.25) is 4.79 Å². The summed E-state index contributed by atoms with van der Waals surface area (Å²) in [6.45, 7) is 6.17. The normalized spacial score (nSPS) is 10.9. The molecule has 0 aromatic heterocycles. The highest BCUT2D eigenvalue weighted by Crippen LogP contribution is 2.09. The molecule has 2 nitrogen and oxygen atoms in total. The molecule has 0 bridgehead atoms. The Morgan fingerprint density at radius 2 is 2.07 bits per heavy atom. The van der Waals surface area contributed by atoms with Crippen molar-refractivity contribution in [3.05, 3.63) is 12.2 Å². The molecule has 0 saturated carbocycles. The van der Waals surface area contributed by atoms with Gasteiger partial charge in [-0.25, -0.2) is 0 Å². The number of allylic oxidation sites excluding steroid dienone is 2. The zero-order chi connectivity index (χ0) is 11.0. The molecule has 0 unspecified atom stereocenters. The van der Waals surface area contributed by atoms with Crippen LogP contribution >= 0.6 is 0 Å². The molecule has 0 fully saturated rings. The maximum absolute atomic E-state index is 10.7. The van der Waals surface area contributed by atoms with Gasteiger partial charge in [-0.1, -0.05) is 17.9 Å². The highest BCUT2D eigenvalue weighted by molar-refractivity contribution is 5.69. The SMILES string of the molecule is COC(=O)CC/C=C/C#CC(C)(C)C. The molecule has 0 radical (unpaired) electrons. The Balaban J connectivity index is 3.74. The lowest BCUT2D eigenvalue weighted by atomic mass is 9.98. The van der Waals surface area contributed by atoms with Crippen LogP contribution in [0.1, 0.15) is 33.6 Å². The summed E-state index contributed by atoms with van der Waals surface area (Å²) >= 11 is 0. The van der Waals surface area contributed by atoms with E-state index in [0.717, 1.165) is 0 Å². The summed E-state index contributed by atoms with van der Waals surface area (Å²) in [4.78, 5) is 10.7. The number of rotatable bonds is 3. The number of carbonyl (C=O) groups is 1. The van der Waals surface area contributed by atoms with Crippen molar-refractivity contribution in [1.82, 2.24) is 0 Å². The van der Waals surface area contributed by atoms with Gasteiger partial charge in [0.25, 0.3) is 0 Å². The summed E-state index contributed by atoms with van der Waals surface area (Å²) in [7, 11) is 1.39. The minimum absolute atomic E-state index is 0.0344. The van der Waals surface area contributed by atoms with Gasteiger partial charge >= 0.3 is 5.97 Å². The van der Waals surface area contributed by atoms with Gasteiger partial charge in [0.1, 0.15) is 0 Å². The third kappa shape index (κ3) is 8.86. The van der Waals surface area contributed by atoms with E-state index in [4.69, 9.17) is 0 Å². The summed E-state index contributed by atoms with van der Waals surface area (Å²) in [5.74, 6) is 5.82. The van der Waals surface area contributed by atoms with E-state index in [1.165, 1.54) is 7.11 Å². The van der Waals surface area contributed by atoms with Gasteiger partial charge in [0.15, 0.2) is 0 Å². The average Bonchev–Trinajstić information content (AvgIpc) is 2.08. The van der Waals surface area contributed by atoms with Crippen molar-refractivity contribution in [3.63, 3.8) is 0 Å². The van der Waals surface area contributed by atoms with Crippen LogP contribution < -0.4 is 0 Å². The van der Waals surface area contributed by atoms with Gasteiger partial charge in [0.05, 0.1) is 7.11 Å². The topological polar surface area (TPSA) is 26.3 Å². The van der Waals surface area contributed by atoms with Crippen LogP contribution in [-0.4, -0.2) is 13.1 Å². The third-order valence-corrected chi connectivity index (χ3v) is 1.39. The van der Waals surface area contributed by atoms with Crippen molar-refractivity contribution in [2.24, 2.45) is 5.41 Å². The fraction of sp³-hybridized carbons (Fsp3) is 0.583. The lowest BCUT2D eigenvalue weighted by molar-refractivity contribution is -0.140. The number of hydrogen-bond donors (Lipinski definition) is 0. The smallest absolute Gasteiger partial charge is 0.305 e. The third-order valence-electron chi connectivity index (χ3n) is 1.39. The quantitative estimate of drug-likeness (QED) is 0.510. The summed E-state index contributed by atoms with van der Waals surface area (Å²) in [6, 6.07) is 0. The minimum atomic E-state index is -0.182. The highest BCUT2D eigenvalue weighted by atomic mass is 16.5. The first-order valence-corrected chi connectivity index (χ1v) is 4.70. The lowest BCUT2D eigenvalue weighted by Crippen LogP contribution is -1.98. The first-order chi connectivity index (χ1) is 6.45. The second kappa shape index (κ2) is 6.26. The molecule has 0 aliphatic carbocycles. The molecule has 0 amide bonds. The Labute approximate surface area is 86.3 Å². The van der Waals surface area contributed by atoms with Crippen LogP contribution in [0.15, 0.2) is 12.2 Å². The number of esters is 1. The fourth-order valence-electron chi connectivity index (χ4n) is 0.704. The number of carbonyl (C=O) groups excluding carboxylic acids is 1. The van der Waals surface area contributed by atoms with Gasteiger partial charge < -0.3 is 4.74 Å². The largest absolute Gasteiger partial charge is 0.469 e. The number of ether oxygens (including phenoxy) is 1. The van der Waals surface area contributed by atoms with E-state index in [2.05, 4.69) is 37.3 Å². The van der Waals surface area contributed by atoms with Crippen LogP contribution in [0.4, 0.5) is 0 Å². The van der Waals surface area contributed by atoms with Crippen molar-refractivity contribution in [2.45, 2.75) is 33.6 Å². The van der Waals surface area contributed by atoms with Gasteiger partial charge in [0.2, 0.25) is 0 Å². The molecular weight excluding hydrogens is 176 g/mol. The van der Waals surface area contributed by atoms with Crippen molar-refractivity contribution in [2.75, 3.05) is 7.11 Å². The molecule has 2 heteroatoms. The first kappa shape index (κ1) is 12.8. The van der Waals surface area contributed by atoms with Gasteiger partial charge in [-0.15, -0.1) is 0 Å². The standard InChI is InChI=1S/C12H18O2/c1-12(2,3)10-8-6-5-7-9-11(13)14-4/h5-6H,7,9H2,1-4H3/b6-5+. The predicted molar refractivity (Wildman–Crippen MR) is 57.6 cm³/mol. The molecule has 0 N–H and O–H groups in total. The summed E-state index contributed by atoms with van der Waals surface area (Å²) in [5, 5.41) is 0. The van der Waals surface area contributed by atoms with E-state index in [1.54, 1.807) is 6.08 Å². The second-order valence-corrected chi connectivity index (χ2v) is 4.04. The molecule has 0 aromatic carbocycles. The van der Waals surface area contributed by atoms with Crippen molar-refractivity contribution in [3.8, 4) is 11.8 Å². The molecule has 0 saturated heterocycles. The molecule has 0 aliphatic rings. The molecule has 0 rings (SSSR count). The van der Waals surface area contributed by atoms with Crippen molar-refractivity contribution >= 4 is 5.97 Å². The highest BCUT2D eigenvalue weighted by Gasteiger charge is 2.02. The Hall–Kier alpha value is -1.23. The van der Waals surface area contributed by atoms with E-state index in [1.807, 2.05) is 6.08 Å². The molecule has 0 atom stereocenters. The number of hydrogen-bond acceptors (Lipinski definition) is 2. The second-order valence-electron chi connectivity index (χ2n) is 4.04. The average molecular weight is 194 g/mol. The van der Waals surface area contributed by atoms with Gasteiger partial charge in [0, 0.05) is 11.8 Å². The molecule has 0 aromatic rings. The van der Waals surface area contributed by atoms with Crippen molar-refractivity contribution < 1.29 is 9.53 Å². The summed E-state index contributed by atoms with van der Waals surface area (Å²) in [6.07, 6.45) is 4.78. The molecule has 0 aliphatic heterocycles. The minimum Gasteiger partial charge on any atom is -0.469 e. The fourth-order valence-corrected chi connectivity index (χ4v) is 0.704. The van der Waals surface area contributed by atoms with E-state index in [9.17, 15) is 4.79 Å². The van der Waals surface area contributed by atoms with Crippen molar-refractivity contribution in [1.29, 1.82) is 0 Å². The zero-order valence-electron chi connectivity index (χ0n) is 9.39. The molecule has 0 heterocycles. The van der Waals surface area contributed by atoms with Crippen LogP contribution in [0, 0.1) is 17.3 Å². The lowest BCUT2D eigenvalue weighted by Gasteiger charge is -2.05. The molecule has 78 valence electrons. The monoisotopic (exact) mass is 194 g/mol. The van der Waals surface area contributed by atoms with Crippen LogP contribution in [-0.2, 0) is 9.53 Å². The Bertz CT molecular complexity index is 258. The summed E-state index contributed by atoms with van der Waals surface area (Å²) in [5.41, 5.74) is 0.0344. The number of methoxy groups -OCH3 is 1.